The molecule has 2 rings (SSSR count). The summed E-state index contributed by atoms with van der Waals surface area (Å²) in [6.07, 6.45) is 0. The summed E-state index contributed by atoms with van der Waals surface area (Å²) in [4.78, 5) is 0.00417. The monoisotopic (exact) mass is 305 g/mol. The summed E-state index contributed by atoms with van der Waals surface area (Å²) >= 11 is 9.77. The number of rotatable bonds is 2. The zero-order valence-electron chi connectivity index (χ0n) is 8.90. The highest BCUT2D eigenvalue weighted by molar-refractivity contribution is 9.09. The van der Waals surface area contributed by atoms with Gasteiger partial charge in [0.2, 0.25) is 0 Å². The fourth-order valence-electron chi connectivity index (χ4n) is 1.61. The maximum absolute atomic E-state index is 8.90. The van der Waals surface area contributed by atoms with Crippen molar-refractivity contribution < 1.29 is 0 Å². The highest BCUT2D eigenvalue weighted by atomic mass is 79.9. The van der Waals surface area contributed by atoms with E-state index in [1.165, 1.54) is 0 Å². The molecule has 0 amide bonds. The maximum atomic E-state index is 8.90. The third kappa shape index (κ3) is 2.69. The number of hydrogen-bond acceptors (Lipinski definition) is 1. The van der Waals surface area contributed by atoms with Crippen LogP contribution in [0.5, 0.6) is 0 Å². The lowest BCUT2D eigenvalue weighted by molar-refractivity contribution is 1.17. The fourth-order valence-corrected chi connectivity index (χ4v) is 2.65. The van der Waals surface area contributed by atoms with Crippen LogP contribution in [0.1, 0.15) is 21.5 Å². The topological polar surface area (TPSA) is 23.8 Å². The molecule has 1 atom stereocenters. The van der Waals surface area contributed by atoms with E-state index in [1.807, 2.05) is 36.4 Å². The summed E-state index contributed by atoms with van der Waals surface area (Å²) in [7, 11) is 0. The molecule has 0 radical (unpaired) electrons. The van der Waals surface area contributed by atoms with Gasteiger partial charge in [-0.3, -0.25) is 0 Å². The standard InChI is InChI=1S/C14H9BrClN/c15-14(11-4-2-1-3-5-11)12-8-10(9-17)6-7-13(12)16/h1-8,14H. The number of benzene rings is 2. The lowest BCUT2D eigenvalue weighted by Gasteiger charge is -2.12. The Balaban J connectivity index is 2.44. The van der Waals surface area contributed by atoms with Crippen molar-refractivity contribution in [1.29, 1.82) is 5.26 Å². The molecule has 17 heavy (non-hydrogen) atoms. The van der Waals surface area contributed by atoms with Crippen molar-refractivity contribution >= 4 is 27.5 Å². The highest BCUT2D eigenvalue weighted by Crippen LogP contribution is 2.35. The minimum absolute atomic E-state index is 0.00417. The van der Waals surface area contributed by atoms with Gasteiger partial charge in [0.1, 0.15) is 0 Å². The second kappa shape index (κ2) is 5.35. The summed E-state index contributed by atoms with van der Waals surface area (Å²) in [6, 6.07) is 17.4. The molecule has 1 nitrogen and oxygen atoms in total. The fraction of sp³-hybridized carbons (Fsp3) is 0.0714. The van der Waals surface area contributed by atoms with Crippen LogP contribution in [-0.4, -0.2) is 0 Å². The highest BCUT2D eigenvalue weighted by Gasteiger charge is 2.13. The van der Waals surface area contributed by atoms with E-state index in [-0.39, 0.29) is 4.83 Å². The Kier molecular flexibility index (Phi) is 3.83. The number of nitriles is 1. The minimum Gasteiger partial charge on any atom is -0.192 e. The predicted octanol–water partition coefficient (Wildman–Crippen LogP) is 4.70. The molecule has 3 heteroatoms. The summed E-state index contributed by atoms with van der Waals surface area (Å²) in [5, 5.41) is 9.56. The van der Waals surface area contributed by atoms with Crippen LogP contribution >= 0.6 is 27.5 Å². The summed E-state index contributed by atoms with van der Waals surface area (Å²) < 4.78 is 0. The van der Waals surface area contributed by atoms with Crippen molar-refractivity contribution in [2.24, 2.45) is 0 Å². The van der Waals surface area contributed by atoms with Crippen LogP contribution in [0.3, 0.4) is 0 Å². The lowest BCUT2D eigenvalue weighted by atomic mass is 10.0. The van der Waals surface area contributed by atoms with E-state index in [1.54, 1.807) is 12.1 Å². The molecule has 0 heterocycles. The third-order valence-electron chi connectivity index (χ3n) is 2.49. The zero-order chi connectivity index (χ0) is 12.3. The average Bonchev–Trinajstić information content (AvgIpc) is 2.39. The molecule has 0 saturated heterocycles. The van der Waals surface area contributed by atoms with E-state index >= 15 is 0 Å². The second-order valence-electron chi connectivity index (χ2n) is 3.62. The van der Waals surface area contributed by atoms with Crippen molar-refractivity contribution in [3.63, 3.8) is 0 Å². The van der Waals surface area contributed by atoms with Gasteiger partial charge < -0.3 is 0 Å². The van der Waals surface area contributed by atoms with Gasteiger partial charge in [0.25, 0.3) is 0 Å². The summed E-state index contributed by atoms with van der Waals surface area (Å²) in [5.41, 5.74) is 2.64. The molecule has 2 aromatic carbocycles. The molecular weight excluding hydrogens is 298 g/mol. The molecule has 0 aliphatic heterocycles. The molecule has 0 N–H and O–H groups in total. The maximum Gasteiger partial charge on any atom is 0.0991 e. The SMILES string of the molecule is N#Cc1ccc(Cl)c(C(Br)c2ccccc2)c1. The molecule has 84 valence electrons. The van der Waals surface area contributed by atoms with Crippen molar-refractivity contribution in [3.8, 4) is 6.07 Å². The zero-order valence-corrected chi connectivity index (χ0v) is 11.2. The quantitative estimate of drug-likeness (QED) is 0.738. The molecule has 0 spiro atoms. The number of nitrogens with zero attached hydrogens (tertiary/aromatic N) is 1. The van der Waals surface area contributed by atoms with Crippen LogP contribution in [0.2, 0.25) is 5.02 Å². The predicted molar refractivity (Wildman–Crippen MR) is 73.4 cm³/mol. The lowest BCUT2D eigenvalue weighted by Crippen LogP contribution is -1.94. The van der Waals surface area contributed by atoms with Gasteiger partial charge in [-0.1, -0.05) is 57.9 Å². The normalized spacial score (nSPS) is 11.8. The van der Waals surface area contributed by atoms with Gasteiger partial charge >= 0.3 is 0 Å². The van der Waals surface area contributed by atoms with Gasteiger partial charge in [0, 0.05) is 5.02 Å². The van der Waals surface area contributed by atoms with Gasteiger partial charge in [0.15, 0.2) is 0 Å². The molecule has 0 bridgehead atoms. The van der Waals surface area contributed by atoms with E-state index in [0.29, 0.717) is 10.6 Å². The molecular formula is C14H9BrClN. The molecule has 0 saturated carbocycles. The van der Waals surface area contributed by atoms with E-state index in [4.69, 9.17) is 16.9 Å². The van der Waals surface area contributed by atoms with Crippen molar-refractivity contribution in [1.82, 2.24) is 0 Å². The van der Waals surface area contributed by atoms with Crippen LogP contribution in [-0.2, 0) is 0 Å². The average molecular weight is 307 g/mol. The van der Waals surface area contributed by atoms with Crippen LogP contribution in [0.4, 0.5) is 0 Å². The first-order chi connectivity index (χ1) is 8.22. The molecule has 0 fully saturated rings. The first-order valence-electron chi connectivity index (χ1n) is 5.11. The molecule has 2 aromatic rings. The second-order valence-corrected chi connectivity index (χ2v) is 4.94. The third-order valence-corrected chi connectivity index (χ3v) is 3.86. The van der Waals surface area contributed by atoms with Crippen LogP contribution in [0.25, 0.3) is 0 Å². The number of hydrogen-bond donors (Lipinski definition) is 0. The minimum atomic E-state index is 0.00417. The Morgan fingerprint density at radius 1 is 1.12 bits per heavy atom. The van der Waals surface area contributed by atoms with Crippen molar-refractivity contribution in [2.45, 2.75) is 4.83 Å². The first-order valence-corrected chi connectivity index (χ1v) is 6.40. The summed E-state index contributed by atoms with van der Waals surface area (Å²) in [5.74, 6) is 0. The molecule has 0 aliphatic rings. The molecule has 1 unspecified atom stereocenters. The van der Waals surface area contributed by atoms with E-state index in [0.717, 1.165) is 11.1 Å². The van der Waals surface area contributed by atoms with Crippen LogP contribution in [0.15, 0.2) is 48.5 Å². The van der Waals surface area contributed by atoms with E-state index < -0.39 is 0 Å². The Labute approximate surface area is 114 Å². The van der Waals surface area contributed by atoms with Gasteiger partial charge in [0.05, 0.1) is 16.5 Å². The van der Waals surface area contributed by atoms with Gasteiger partial charge in [-0.05, 0) is 29.3 Å². The van der Waals surface area contributed by atoms with Crippen LogP contribution < -0.4 is 0 Å². The number of halogens is 2. The molecule has 0 aliphatic carbocycles. The Hall–Kier alpha value is -1.30. The Morgan fingerprint density at radius 2 is 1.82 bits per heavy atom. The molecule has 0 aromatic heterocycles. The van der Waals surface area contributed by atoms with Crippen LogP contribution in [0, 0.1) is 11.3 Å². The largest absolute Gasteiger partial charge is 0.192 e. The van der Waals surface area contributed by atoms with E-state index in [2.05, 4.69) is 22.0 Å². The van der Waals surface area contributed by atoms with Gasteiger partial charge in [-0.2, -0.15) is 5.26 Å². The Bertz CT molecular complexity index is 560. The summed E-state index contributed by atoms with van der Waals surface area (Å²) in [6.45, 7) is 0. The number of alkyl halides is 1. The smallest absolute Gasteiger partial charge is 0.0991 e. The van der Waals surface area contributed by atoms with E-state index in [9.17, 15) is 0 Å². The Morgan fingerprint density at radius 3 is 2.47 bits per heavy atom. The van der Waals surface area contributed by atoms with Gasteiger partial charge in [-0.15, -0.1) is 0 Å². The van der Waals surface area contributed by atoms with Crippen molar-refractivity contribution in [3.05, 3.63) is 70.2 Å². The first kappa shape index (κ1) is 12.2. The van der Waals surface area contributed by atoms with Crippen molar-refractivity contribution in [2.75, 3.05) is 0 Å². The van der Waals surface area contributed by atoms with Gasteiger partial charge in [-0.25, -0.2) is 0 Å².